The highest BCUT2D eigenvalue weighted by Gasteiger charge is 2.15. The van der Waals surface area contributed by atoms with Gasteiger partial charge in [-0.05, 0) is 53.4 Å². The van der Waals surface area contributed by atoms with Crippen LogP contribution in [0.2, 0.25) is 0 Å². The number of esters is 2. The molecular weight excluding hydrogens is 340 g/mol. The van der Waals surface area contributed by atoms with Gasteiger partial charge in [0.1, 0.15) is 0 Å². The van der Waals surface area contributed by atoms with E-state index in [1.807, 2.05) is 31.2 Å². The molecule has 136 valence electrons. The van der Waals surface area contributed by atoms with Gasteiger partial charge in [-0.3, -0.25) is 0 Å². The van der Waals surface area contributed by atoms with Gasteiger partial charge in [0.15, 0.2) is 0 Å². The topological polar surface area (TPSA) is 52.6 Å². The van der Waals surface area contributed by atoms with E-state index in [9.17, 15) is 9.59 Å². The van der Waals surface area contributed by atoms with Gasteiger partial charge < -0.3 is 9.47 Å². The molecule has 0 radical (unpaired) electrons. The summed E-state index contributed by atoms with van der Waals surface area (Å²) in [7, 11) is 2.62. The number of rotatable bonds is 4. The van der Waals surface area contributed by atoms with E-state index < -0.39 is 11.9 Å². The van der Waals surface area contributed by atoms with Crippen LogP contribution in [0.15, 0.2) is 66.7 Å². The molecule has 0 atom stereocenters. The molecule has 3 aromatic rings. The molecule has 0 bridgehead atoms. The molecule has 0 amide bonds. The summed E-state index contributed by atoms with van der Waals surface area (Å²) in [6.07, 6.45) is 0. The van der Waals surface area contributed by atoms with Crippen molar-refractivity contribution in [1.29, 1.82) is 0 Å². The number of hydrogen-bond donors (Lipinski definition) is 0. The van der Waals surface area contributed by atoms with Crippen LogP contribution in [0.4, 0.5) is 0 Å². The Morgan fingerprint density at radius 3 is 1.67 bits per heavy atom. The van der Waals surface area contributed by atoms with Crippen molar-refractivity contribution in [1.82, 2.24) is 0 Å². The number of carbonyl (C=O) groups is 2. The largest absolute Gasteiger partial charge is 0.465 e. The second-order valence-electron chi connectivity index (χ2n) is 6.23. The highest BCUT2D eigenvalue weighted by atomic mass is 16.5. The van der Waals surface area contributed by atoms with Crippen LogP contribution >= 0.6 is 0 Å². The summed E-state index contributed by atoms with van der Waals surface area (Å²) < 4.78 is 9.62. The second kappa shape index (κ2) is 7.87. The maximum absolute atomic E-state index is 12.0. The van der Waals surface area contributed by atoms with Crippen LogP contribution in [0.25, 0.3) is 22.3 Å². The van der Waals surface area contributed by atoms with Crippen LogP contribution in [0, 0.1) is 6.92 Å². The fourth-order valence-corrected chi connectivity index (χ4v) is 2.89. The minimum Gasteiger partial charge on any atom is -0.465 e. The highest BCUT2D eigenvalue weighted by molar-refractivity contribution is 5.97. The lowest BCUT2D eigenvalue weighted by atomic mass is 9.96. The molecule has 0 unspecified atom stereocenters. The lowest BCUT2D eigenvalue weighted by Crippen LogP contribution is -2.07. The third-order valence-electron chi connectivity index (χ3n) is 4.36. The van der Waals surface area contributed by atoms with Crippen molar-refractivity contribution >= 4 is 11.9 Å². The zero-order valence-corrected chi connectivity index (χ0v) is 15.5. The molecule has 0 fully saturated rings. The lowest BCUT2D eigenvalue weighted by molar-refractivity contribution is 0.0599. The molecule has 0 aromatic heterocycles. The molecule has 27 heavy (non-hydrogen) atoms. The van der Waals surface area contributed by atoms with Crippen molar-refractivity contribution in [3.05, 3.63) is 83.4 Å². The maximum atomic E-state index is 12.0. The van der Waals surface area contributed by atoms with Gasteiger partial charge in [0.05, 0.1) is 25.3 Å². The van der Waals surface area contributed by atoms with E-state index >= 15 is 0 Å². The fraction of sp³-hybridized carbons (Fsp3) is 0.130. The molecule has 0 aliphatic heterocycles. The normalized spacial score (nSPS) is 10.3. The van der Waals surface area contributed by atoms with Crippen molar-refractivity contribution in [2.75, 3.05) is 14.2 Å². The molecule has 0 heterocycles. The Bertz CT molecular complexity index is 953. The third-order valence-corrected chi connectivity index (χ3v) is 4.36. The summed E-state index contributed by atoms with van der Waals surface area (Å²) in [4.78, 5) is 24.0. The van der Waals surface area contributed by atoms with E-state index in [1.165, 1.54) is 25.8 Å². The van der Waals surface area contributed by atoms with Crippen LogP contribution < -0.4 is 0 Å². The first-order valence-corrected chi connectivity index (χ1v) is 8.51. The molecule has 3 rings (SSSR count). The average molecular weight is 360 g/mol. The molecule has 0 aliphatic rings. The Morgan fingerprint density at radius 1 is 0.630 bits per heavy atom. The Kier molecular flexibility index (Phi) is 5.36. The zero-order chi connectivity index (χ0) is 19.4. The van der Waals surface area contributed by atoms with Gasteiger partial charge in [-0.2, -0.15) is 0 Å². The van der Waals surface area contributed by atoms with E-state index in [4.69, 9.17) is 9.47 Å². The maximum Gasteiger partial charge on any atom is 0.337 e. The fourth-order valence-electron chi connectivity index (χ4n) is 2.89. The highest BCUT2D eigenvalue weighted by Crippen LogP contribution is 2.28. The van der Waals surface area contributed by atoms with Crippen LogP contribution in [0.3, 0.4) is 0 Å². The zero-order valence-electron chi connectivity index (χ0n) is 15.5. The Morgan fingerprint density at radius 2 is 1.15 bits per heavy atom. The standard InChI is InChI=1S/C23H20O4/c1-15-7-9-16(10-8-15)17-5-4-6-18(11-17)19-12-20(22(24)26-2)14-21(13-19)23(25)27-3/h4-14H,1-3H3. The minimum atomic E-state index is -0.503. The van der Waals surface area contributed by atoms with E-state index in [2.05, 4.69) is 24.3 Å². The van der Waals surface area contributed by atoms with Gasteiger partial charge in [-0.25, -0.2) is 9.59 Å². The summed E-state index contributed by atoms with van der Waals surface area (Å²) in [6, 6.07) is 21.1. The average Bonchev–Trinajstić information content (AvgIpc) is 2.72. The smallest absolute Gasteiger partial charge is 0.337 e. The first-order valence-electron chi connectivity index (χ1n) is 8.51. The van der Waals surface area contributed by atoms with Gasteiger partial charge in [-0.15, -0.1) is 0 Å². The van der Waals surface area contributed by atoms with Crippen molar-refractivity contribution in [3.8, 4) is 22.3 Å². The Balaban J connectivity index is 2.10. The molecule has 0 saturated carbocycles. The second-order valence-corrected chi connectivity index (χ2v) is 6.23. The van der Waals surface area contributed by atoms with Gasteiger partial charge in [0, 0.05) is 0 Å². The van der Waals surface area contributed by atoms with Crippen molar-refractivity contribution in [2.45, 2.75) is 6.92 Å². The van der Waals surface area contributed by atoms with Crippen LogP contribution in [0.1, 0.15) is 26.3 Å². The van der Waals surface area contributed by atoms with Gasteiger partial charge in [-0.1, -0.05) is 48.0 Å². The van der Waals surface area contributed by atoms with Crippen molar-refractivity contribution in [3.63, 3.8) is 0 Å². The molecule has 0 spiro atoms. The molecular formula is C23H20O4. The molecule has 4 nitrogen and oxygen atoms in total. The molecule has 0 aliphatic carbocycles. The van der Waals surface area contributed by atoms with Crippen LogP contribution in [-0.4, -0.2) is 26.2 Å². The van der Waals surface area contributed by atoms with E-state index in [-0.39, 0.29) is 0 Å². The van der Waals surface area contributed by atoms with Crippen LogP contribution in [-0.2, 0) is 9.47 Å². The number of aryl methyl sites for hydroxylation is 1. The Labute approximate surface area is 158 Å². The predicted octanol–water partition coefficient (Wildman–Crippen LogP) is 4.90. The first-order chi connectivity index (χ1) is 13.0. The first kappa shape index (κ1) is 18.4. The summed E-state index contributed by atoms with van der Waals surface area (Å²) >= 11 is 0. The quantitative estimate of drug-likeness (QED) is 0.621. The van der Waals surface area contributed by atoms with Crippen molar-refractivity contribution in [2.24, 2.45) is 0 Å². The van der Waals surface area contributed by atoms with Crippen molar-refractivity contribution < 1.29 is 19.1 Å². The molecule has 3 aromatic carbocycles. The summed E-state index contributed by atoms with van der Waals surface area (Å²) in [5, 5.41) is 0. The number of carbonyl (C=O) groups excluding carboxylic acids is 2. The van der Waals surface area contributed by atoms with Gasteiger partial charge in [0.25, 0.3) is 0 Å². The number of methoxy groups -OCH3 is 2. The lowest BCUT2D eigenvalue weighted by Gasteiger charge is -2.10. The minimum absolute atomic E-state index is 0.302. The molecule has 4 heteroatoms. The van der Waals surface area contributed by atoms with E-state index in [0.717, 1.165) is 22.3 Å². The number of benzene rings is 3. The van der Waals surface area contributed by atoms with Gasteiger partial charge >= 0.3 is 11.9 Å². The van der Waals surface area contributed by atoms with Crippen LogP contribution in [0.5, 0.6) is 0 Å². The predicted molar refractivity (Wildman–Crippen MR) is 105 cm³/mol. The third kappa shape index (κ3) is 4.06. The Hall–Kier alpha value is -3.40. The monoisotopic (exact) mass is 360 g/mol. The SMILES string of the molecule is COC(=O)c1cc(C(=O)OC)cc(-c2cccc(-c3ccc(C)cc3)c2)c1. The van der Waals surface area contributed by atoms with E-state index in [0.29, 0.717) is 11.1 Å². The molecule has 0 N–H and O–H groups in total. The summed E-state index contributed by atoms with van der Waals surface area (Å²) in [6.45, 7) is 2.05. The molecule has 0 saturated heterocycles. The van der Waals surface area contributed by atoms with Gasteiger partial charge in [0.2, 0.25) is 0 Å². The number of hydrogen-bond acceptors (Lipinski definition) is 4. The number of ether oxygens (including phenoxy) is 2. The van der Waals surface area contributed by atoms with E-state index in [1.54, 1.807) is 12.1 Å². The summed E-state index contributed by atoms with van der Waals surface area (Å²) in [5.74, 6) is -1.01. The summed E-state index contributed by atoms with van der Waals surface area (Å²) in [5.41, 5.74) is 5.59.